The van der Waals surface area contributed by atoms with Gasteiger partial charge in [0.05, 0.1) is 10.7 Å². The Morgan fingerprint density at radius 1 is 1.24 bits per heavy atom. The van der Waals surface area contributed by atoms with E-state index in [0.29, 0.717) is 16.5 Å². The Hall–Kier alpha value is -1.04. The average Bonchev–Trinajstić information content (AvgIpc) is 2.30. The van der Waals surface area contributed by atoms with Crippen molar-refractivity contribution in [3.8, 4) is 0 Å². The van der Waals surface area contributed by atoms with E-state index < -0.39 is 0 Å². The van der Waals surface area contributed by atoms with Gasteiger partial charge in [-0.05, 0) is 18.2 Å². The summed E-state index contributed by atoms with van der Waals surface area (Å²) < 4.78 is 0.892. The monoisotopic (exact) mass is 332 g/mol. The Balaban J connectivity index is 2.38. The van der Waals surface area contributed by atoms with Crippen molar-refractivity contribution in [2.24, 2.45) is 0 Å². The lowest BCUT2D eigenvalue weighted by atomic mass is 10.3. The minimum absolute atomic E-state index is 0.202. The Morgan fingerprint density at radius 3 is 2.76 bits per heavy atom. The molecule has 0 atom stereocenters. The predicted molar refractivity (Wildman–Crippen MR) is 73.9 cm³/mol. The summed E-state index contributed by atoms with van der Waals surface area (Å²) in [4.78, 5) is 7.77. The van der Waals surface area contributed by atoms with Gasteiger partial charge < -0.3 is 11.1 Å². The number of benzene rings is 1. The van der Waals surface area contributed by atoms with Gasteiger partial charge in [-0.3, -0.25) is 0 Å². The molecule has 0 radical (unpaired) electrons. The van der Waals surface area contributed by atoms with Crippen LogP contribution in [0.5, 0.6) is 0 Å². The maximum Gasteiger partial charge on any atom is 0.158 e. The van der Waals surface area contributed by atoms with E-state index in [0.717, 1.165) is 4.47 Å². The molecule has 0 spiro atoms. The quantitative estimate of drug-likeness (QED) is 0.819. The molecule has 0 saturated carbocycles. The molecule has 1 heterocycles. The molecule has 2 rings (SSSR count). The molecule has 0 aliphatic rings. The van der Waals surface area contributed by atoms with Crippen molar-refractivity contribution in [3.63, 3.8) is 0 Å². The van der Waals surface area contributed by atoms with Gasteiger partial charge in [-0.25, -0.2) is 9.97 Å². The summed E-state index contributed by atoms with van der Waals surface area (Å²) in [5.41, 5.74) is 6.71. The first-order valence-electron chi connectivity index (χ1n) is 4.56. The molecule has 0 aliphatic carbocycles. The van der Waals surface area contributed by atoms with Crippen molar-refractivity contribution in [2.75, 3.05) is 11.1 Å². The summed E-state index contributed by atoms with van der Waals surface area (Å²) >= 11 is 15.2. The second-order valence-corrected chi connectivity index (χ2v) is 4.86. The maximum absolute atomic E-state index is 6.04. The Morgan fingerprint density at radius 2 is 2.00 bits per heavy atom. The van der Waals surface area contributed by atoms with Crippen LogP contribution in [0.15, 0.2) is 29.0 Å². The molecule has 2 aromatic rings. The third-order valence-electron chi connectivity index (χ3n) is 2.02. The SMILES string of the molecule is Nc1c(Cl)ncnc1Nc1cc(Br)ccc1Cl. The number of hydrogen-bond donors (Lipinski definition) is 2. The first kappa shape index (κ1) is 12.4. The molecule has 7 heteroatoms. The van der Waals surface area contributed by atoms with Crippen LogP contribution in [-0.2, 0) is 0 Å². The summed E-state index contributed by atoms with van der Waals surface area (Å²) in [5, 5.41) is 3.76. The first-order valence-corrected chi connectivity index (χ1v) is 6.11. The number of nitrogens with one attached hydrogen (secondary N) is 1. The second-order valence-electron chi connectivity index (χ2n) is 3.18. The molecule has 0 aliphatic heterocycles. The smallest absolute Gasteiger partial charge is 0.158 e. The number of halogens is 3. The van der Waals surface area contributed by atoms with Crippen molar-refractivity contribution in [2.45, 2.75) is 0 Å². The van der Waals surface area contributed by atoms with Crippen molar-refractivity contribution >= 4 is 56.3 Å². The van der Waals surface area contributed by atoms with Gasteiger partial charge in [0.25, 0.3) is 0 Å². The third-order valence-corrected chi connectivity index (χ3v) is 3.14. The number of rotatable bonds is 2. The lowest BCUT2D eigenvalue weighted by molar-refractivity contribution is 1.17. The number of nitrogens with zero attached hydrogens (tertiary/aromatic N) is 2. The Labute approximate surface area is 116 Å². The van der Waals surface area contributed by atoms with Gasteiger partial charge in [0.1, 0.15) is 12.0 Å². The standard InChI is InChI=1S/C10H7BrCl2N4/c11-5-1-2-6(12)7(3-5)17-10-8(14)9(13)15-4-16-10/h1-4H,14H2,(H,15,16,17). The van der Waals surface area contributed by atoms with E-state index in [1.165, 1.54) is 6.33 Å². The van der Waals surface area contributed by atoms with Crippen LogP contribution in [0.25, 0.3) is 0 Å². The van der Waals surface area contributed by atoms with E-state index in [1.54, 1.807) is 6.07 Å². The minimum atomic E-state index is 0.202. The van der Waals surface area contributed by atoms with Crippen LogP contribution >= 0.6 is 39.1 Å². The fraction of sp³-hybridized carbons (Fsp3) is 0. The normalized spacial score (nSPS) is 10.3. The highest BCUT2D eigenvalue weighted by atomic mass is 79.9. The van der Waals surface area contributed by atoms with Crippen LogP contribution in [0.1, 0.15) is 0 Å². The van der Waals surface area contributed by atoms with Gasteiger partial charge in [-0.2, -0.15) is 0 Å². The van der Waals surface area contributed by atoms with Crippen molar-refractivity contribution in [1.29, 1.82) is 0 Å². The van der Waals surface area contributed by atoms with Gasteiger partial charge >= 0.3 is 0 Å². The molecule has 3 N–H and O–H groups in total. The van der Waals surface area contributed by atoms with Gasteiger partial charge in [0, 0.05) is 4.47 Å². The first-order chi connectivity index (χ1) is 8.08. The van der Waals surface area contributed by atoms with E-state index in [-0.39, 0.29) is 10.8 Å². The van der Waals surface area contributed by atoms with Crippen LogP contribution < -0.4 is 11.1 Å². The number of aromatic nitrogens is 2. The molecular weight excluding hydrogens is 327 g/mol. The topological polar surface area (TPSA) is 63.8 Å². The number of hydrogen-bond acceptors (Lipinski definition) is 4. The molecule has 0 amide bonds. The van der Waals surface area contributed by atoms with Gasteiger partial charge in [0.15, 0.2) is 11.0 Å². The van der Waals surface area contributed by atoms with Gasteiger partial charge in [0.2, 0.25) is 0 Å². The maximum atomic E-state index is 6.04. The molecule has 1 aromatic heterocycles. The van der Waals surface area contributed by atoms with E-state index in [4.69, 9.17) is 28.9 Å². The van der Waals surface area contributed by atoms with E-state index >= 15 is 0 Å². The van der Waals surface area contributed by atoms with Crippen molar-refractivity contribution in [1.82, 2.24) is 9.97 Å². The minimum Gasteiger partial charge on any atom is -0.393 e. The summed E-state index contributed by atoms with van der Waals surface area (Å²) in [6, 6.07) is 5.41. The van der Waals surface area contributed by atoms with Crippen LogP contribution in [0.2, 0.25) is 10.2 Å². The van der Waals surface area contributed by atoms with Gasteiger partial charge in [-0.15, -0.1) is 0 Å². The van der Waals surface area contributed by atoms with Crippen LogP contribution in [0.3, 0.4) is 0 Å². The van der Waals surface area contributed by atoms with Crippen molar-refractivity contribution < 1.29 is 0 Å². The van der Waals surface area contributed by atoms with Crippen molar-refractivity contribution in [3.05, 3.63) is 39.2 Å². The number of anilines is 3. The Kier molecular flexibility index (Phi) is 3.71. The van der Waals surface area contributed by atoms with Crippen LogP contribution in [0, 0.1) is 0 Å². The molecule has 0 fully saturated rings. The molecule has 1 aromatic carbocycles. The summed E-state index contributed by atoms with van der Waals surface area (Å²) in [6.45, 7) is 0. The van der Waals surface area contributed by atoms with E-state index in [2.05, 4.69) is 31.2 Å². The van der Waals surface area contributed by atoms with E-state index in [9.17, 15) is 0 Å². The highest BCUT2D eigenvalue weighted by Gasteiger charge is 2.08. The fourth-order valence-electron chi connectivity index (χ4n) is 1.19. The second kappa shape index (κ2) is 5.08. The summed E-state index contributed by atoms with van der Waals surface area (Å²) in [5.74, 6) is 0.421. The zero-order valence-electron chi connectivity index (χ0n) is 8.42. The Bertz CT molecular complexity index is 562. The third kappa shape index (κ3) is 2.80. The molecule has 4 nitrogen and oxygen atoms in total. The summed E-state index contributed by atoms with van der Waals surface area (Å²) in [7, 11) is 0. The molecule has 88 valence electrons. The molecule has 0 bridgehead atoms. The van der Waals surface area contributed by atoms with Crippen LogP contribution in [0.4, 0.5) is 17.2 Å². The highest BCUT2D eigenvalue weighted by Crippen LogP contribution is 2.31. The lowest BCUT2D eigenvalue weighted by Crippen LogP contribution is -2.01. The molecule has 0 saturated heterocycles. The fourth-order valence-corrected chi connectivity index (χ4v) is 1.85. The molecule has 0 unspecified atom stereocenters. The highest BCUT2D eigenvalue weighted by molar-refractivity contribution is 9.10. The summed E-state index contributed by atoms with van der Waals surface area (Å²) in [6.07, 6.45) is 1.33. The largest absolute Gasteiger partial charge is 0.393 e. The molecule has 17 heavy (non-hydrogen) atoms. The average molecular weight is 334 g/mol. The number of nitrogen functional groups attached to an aromatic ring is 1. The number of nitrogens with two attached hydrogens (primary N) is 1. The van der Waals surface area contributed by atoms with Crippen LogP contribution in [-0.4, -0.2) is 9.97 Å². The zero-order valence-corrected chi connectivity index (χ0v) is 11.5. The zero-order chi connectivity index (χ0) is 12.4. The van der Waals surface area contributed by atoms with E-state index in [1.807, 2.05) is 12.1 Å². The predicted octanol–water partition coefficient (Wildman–Crippen LogP) is 3.87. The lowest BCUT2D eigenvalue weighted by Gasteiger charge is -2.10. The molecular formula is C10H7BrCl2N4. The van der Waals surface area contributed by atoms with Gasteiger partial charge in [-0.1, -0.05) is 39.1 Å².